The molecule has 0 saturated carbocycles. The van der Waals surface area contributed by atoms with E-state index in [1.807, 2.05) is 31.3 Å². The zero-order valence-corrected chi connectivity index (χ0v) is 13.9. The molecule has 0 bridgehead atoms. The Morgan fingerprint density at radius 1 is 1.30 bits per heavy atom. The summed E-state index contributed by atoms with van der Waals surface area (Å²) in [6.45, 7) is 4.74. The first kappa shape index (κ1) is 17.5. The number of benzene rings is 1. The van der Waals surface area contributed by atoms with Gasteiger partial charge in [-0.2, -0.15) is 0 Å². The Balaban J connectivity index is 2.03. The zero-order chi connectivity index (χ0) is 16.7. The zero-order valence-electron chi connectivity index (χ0n) is 13.9. The first-order chi connectivity index (χ1) is 11.2. The van der Waals surface area contributed by atoms with Crippen LogP contribution in [-0.4, -0.2) is 41.2 Å². The van der Waals surface area contributed by atoms with E-state index in [9.17, 15) is 9.90 Å². The molecule has 0 unspecified atom stereocenters. The predicted molar refractivity (Wildman–Crippen MR) is 93.4 cm³/mol. The van der Waals surface area contributed by atoms with Gasteiger partial charge in [-0.15, -0.1) is 0 Å². The van der Waals surface area contributed by atoms with Crippen molar-refractivity contribution in [3.05, 3.63) is 36.0 Å². The second-order valence-corrected chi connectivity index (χ2v) is 5.85. The largest absolute Gasteiger partial charge is 0.394 e. The Labute approximate surface area is 137 Å². The number of rotatable bonds is 9. The maximum absolute atomic E-state index is 12.4. The Kier molecular flexibility index (Phi) is 6.62. The maximum atomic E-state index is 12.4. The van der Waals surface area contributed by atoms with Crippen LogP contribution >= 0.6 is 0 Å². The molecule has 4 N–H and O–H groups in total. The molecule has 5 nitrogen and oxygen atoms in total. The minimum Gasteiger partial charge on any atom is -0.394 e. The molecule has 1 amide bonds. The van der Waals surface area contributed by atoms with E-state index in [2.05, 4.69) is 28.6 Å². The third kappa shape index (κ3) is 4.56. The van der Waals surface area contributed by atoms with E-state index in [0.717, 1.165) is 35.9 Å². The minimum absolute atomic E-state index is 0.0346. The summed E-state index contributed by atoms with van der Waals surface area (Å²) in [6.07, 6.45) is 4.30. The number of fused-ring (bicyclic) bond motifs is 1. The normalized spacial score (nSPS) is 13.9. The molecule has 2 rings (SSSR count). The predicted octanol–water partition coefficient (Wildman–Crippen LogP) is 1.97. The van der Waals surface area contributed by atoms with Gasteiger partial charge in [0.05, 0.1) is 18.7 Å². The van der Waals surface area contributed by atoms with Gasteiger partial charge in [0.25, 0.3) is 0 Å². The molecule has 1 aromatic heterocycles. The molecule has 2 atom stereocenters. The molecule has 0 saturated heterocycles. The number of hydrogen-bond acceptors (Lipinski definition) is 3. The van der Waals surface area contributed by atoms with Crippen LogP contribution in [0.25, 0.3) is 10.9 Å². The second-order valence-electron chi connectivity index (χ2n) is 5.85. The van der Waals surface area contributed by atoms with Gasteiger partial charge in [-0.1, -0.05) is 38.5 Å². The number of H-pyrrole nitrogens is 1. The van der Waals surface area contributed by atoms with Crippen LogP contribution in [0.4, 0.5) is 0 Å². The van der Waals surface area contributed by atoms with E-state index in [1.165, 1.54) is 0 Å². The van der Waals surface area contributed by atoms with E-state index in [0.29, 0.717) is 6.42 Å². The summed E-state index contributed by atoms with van der Waals surface area (Å²) in [6, 6.07) is 7.58. The van der Waals surface area contributed by atoms with Crippen LogP contribution in [0.5, 0.6) is 0 Å². The highest BCUT2D eigenvalue weighted by molar-refractivity contribution is 5.84. The first-order valence-electron chi connectivity index (χ1n) is 8.39. The molecule has 0 aliphatic heterocycles. The van der Waals surface area contributed by atoms with Crippen LogP contribution in [0, 0.1) is 0 Å². The molecule has 0 spiro atoms. The van der Waals surface area contributed by atoms with Crippen LogP contribution in [0.2, 0.25) is 0 Å². The molecule has 126 valence electrons. The van der Waals surface area contributed by atoms with Crippen molar-refractivity contribution in [3.63, 3.8) is 0 Å². The van der Waals surface area contributed by atoms with Crippen molar-refractivity contribution in [2.75, 3.05) is 13.2 Å². The molecule has 1 aromatic carbocycles. The summed E-state index contributed by atoms with van der Waals surface area (Å²) in [5.74, 6) is -0.0346. The molecular formula is C18H27N3O2. The molecular weight excluding hydrogens is 290 g/mol. The van der Waals surface area contributed by atoms with Crippen molar-refractivity contribution in [2.45, 2.75) is 45.2 Å². The van der Waals surface area contributed by atoms with Crippen LogP contribution in [-0.2, 0) is 11.2 Å². The maximum Gasteiger partial charge on any atom is 0.237 e. The molecule has 23 heavy (non-hydrogen) atoms. The van der Waals surface area contributed by atoms with Gasteiger partial charge in [-0.05, 0) is 31.0 Å². The van der Waals surface area contributed by atoms with E-state index in [4.69, 9.17) is 0 Å². The summed E-state index contributed by atoms with van der Waals surface area (Å²) in [7, 11) is 0. The Morgan fingerprint density at radius 3 is 2.78 bits per heavy atom. The summed E-state index contributed by atoms with van der Waals surface area (Å²) < 4.78 is 0. The highest BCUT2D eigenvalue weighted by atomic mass is 16.3. The van der Waals surface area contributed by atoms with E-state index >= 15 is 0 Å². The Morgan fingerprint density at radius 2 is 2.09 bits per heavy atom. The van der Waals surface area contributed by atoms with E-state index < -0.39 is 0 Å². The number of amides is 1. The summed E-state index contributed by atoms with van der Waals surface area (Å²) >= 11 is 0. The van der Waals surface area contributed by atoms with Gasteiger partial charge in [-0.3, -0.25) is 4.79 Å². The molecule has 1 heterocycles. The monoisotopic (exact) mass is 317 g/mol. The lowest BCUT2D eigenvalue weighted by Crippen LogP contribution is -2.49. The second kappa shape index (κ2) is 8.70. The molecule has 0 radical (unpaired) electrons. The number of carbonyl (C=O) groups excluding carboxylic acids is 1. The average molecular weight is 317 g/mol. The van der Waals surface area contributed by atoms with Gasteiger partial charge >= 0.3 is 0 Å². The van der Waals surface area contributed by atoms with Gasteiger partial charge in [-0.25, -0.2) is 0 Å². The van der Waals surface area contributed by atoms with Crippen molar-refractivity contribution in [2.24, 2.45) is 0 Å². The SMILES string of the molecule is CCC[C@H](NCC)C(=O)N[C@H](CO)Cc1c[nH]c2ccccc12. The number of aromatic nitrogens is 1. The number of aliphatic hydroxyl groups excluding tert-OH is 1. The highest BCUT2D eigenvalue weighted by Gasteiger charge is 2.20. The molecule has 0 aliphatic rings. The van der Waals surface area contributed by atoms with Crippen LogP contribution < -0.4 is 10.6 Å². The van der Waals surface area contributed by atoms with Gasteiger partial charge in [0.2, 0.25) is 5.91 Å². The molecule has 0 aliphatic carbocycles. The standard InChI is InChI=1S/C18H27N3O2/c1-3-7-17(19-4-2)18(23)21-14(12-22)10-13-11-20-16-9-6-5-8-15(13)16/h5-6,8-9,11,14,17,19-20,22H,3-4,7,10,12H2,1-2H3,(H,21,23)/t14-,17-/m0/s1. The fourth-order valence-electron chi connectivity index (χ4n) is 2.89. The number of aliphatic hydroxyl groups is 1. The van der Waals surface area contributed by atoms with Crippen molar-refractivity contribution in [3.8, 4) is 0 Å². The van der Waals surface area contributed by atoms with Crippen molar-refractivity contribution >= 4 is 16.8 Å². The lowest BCUT2D eigenvalue weighted by Gasteiger charge is -2.21. The topological polar surface area (TPSA) is 77.2 Å². The quantitative estimate of drug-likeness (QED) is 0.571. The number of para-hydroxylation sites is 1. The van der Waals surface area contributed by atoms with Crippen LogP contribution in [0.15, 0.2) is 30.5 Å². The third-order valence-corrected chi connectivity index (χ3v) is 4.05. The Hall–Kier alpha value is -1.85. The summed E-state index contributed by atoms with van der Waals surface area (Å²) in [5, 5.41) is 17.0. The van der Waals surface area contributed by atoms with Gasteiger partial charge in [0.1, 0.15) is 0 Å². The highest BCUT2D eigenvalue weighted by Crippen LogP contribution is 2.19. The Bertz CT molecular complexity index is 618. The number of likely N-dealkylation sites (N-methyl/N-ethyl adjacent to an activating group) is 1. The summed E-state index contributed by atoms with van der Waals surface area (Å²) in [4.78, 5) is 15.6. The lowest BCUT2D eigenvalue weighted by molar-refractivity contribution is -0.124. The molecule has 5 heteroatoms. The van der Waals surface area contributed by atoms with Crippen LogP contribution in [0.3, 0.4) is 0 Å². The van der Waals surface area contributed by atoms with Gasteiger partial charge in [0.15, 0.2) is 0 Å². The third-order valence-electron chi connectivity index (χ3n) is 4.05. The van der Waals surface area contributed by atoms with Crippen molar-refractivity contribution in [1.29, 1.82) is 0 Å². The number of nitrogens with one attached hydrogen (secondary N) is 3. The smallest absolute Gasteiger partial charge is 0.237 e. The fourth-order valence-corrected chi connectivity index (χ4v) is 2.89. The first-order valence-corrected chi connectivity index (χ1v) is 8.39. The van der Waals surface area contributed by atoms with Crippen molar-refractivity contribution < 1.29 is 9.90 Å². The van der Waals surface area contributed by atoms with E-state index in [-0.39, 0.29) is 24.6 Å². The summed E-state index contributed by atoms with van der Waals surface area (Å²) in [5.41, 5.74) is 2.18. The van der Waals surface area contributed by atoms with E-state index in [1.54, 1.807) is 0 Å². The molecule has 0 fully saturated rings. The van der Waals surface area contributed by atoms with Gasteiger partial charge in [0, 0.05) is 17.1 Å². The van der Waals surface area contributed by atoms with Crippen molar-refractivity contribution in [1.82, 2.24) is 15.6 Å². The average Bonchev–Trinajstić information content (AvgIpc) is 2.97. The number of aromatic amines is 1. The number of carbonyl (C=O) groups is 1. The minimum atomic E-state index is -0.278. The number of hydrogen-bond donors (Lipinski definition) is 4. The van der Waals surface area contributed by atoms with Crippen LogP contribution in [0.1, 0.15) is 32.3 Å². The fraction of sp³-hybridized carbons (Fsp3) is 0.500. The van der Waals surface area contributed by atoms with Gasteiger partial charge < -0.3 is 20.7 Å². The molecule has 2 aromatic rings. The lowest BCUT2D eigenvalue weighted by atomic mass is 10.0.